The number of ether oxygens (including phenoxy) is 2. The number of methoxy groups -OCH3 is 1. The maximum absolute atomic E-state index is 14.9. The molecule has 1 atom stereocenters. The van der Waals surface area contributed by atoms with Gasteiger partial charge in [-0.05, 0) is 38.2 Å². The Morgan fingerprint density at radius 1 is 1.27 bits per heavy atom. The van der Waals surface area contributed by atoms with E-state index in [1.54, 1.807) is 19.5 Å². The molecule has 1 unspecified atom stereocenters. The minimum Gasteiger partial charge on any atom is -0.481 e. The van der Waals surface area contributed by atoms with Crippen LogP contribution in [0.5, 0.6) is 5.88 Å². The first kappa shape index (κ1) is 24.9. The van der Waals surface area contributed by atoms with E-state index in [1.165, 1.54) is 6.07 Å². The maximum Gasteiger partial charge on any atom is 0.307 e. The van der Waals surface area contributed by atoms with Crippen molar-refractivity contribution in [1.29, 1.82) is 0 Å². The van der Waals surface area contributed by atoms with Crippen LogP contribution in [0.3, 0.4) is 0 Å². The van der Waals surface area contributed by atoms with E-state index in [9.17, 15) is 14.3 Å². The van der Waals surface area contributed by atoms with Gasteiger partial charge in [0, 0.05) is 68.0 Å². The van der Waals surface area contributed by atoms with Crippen molar-refractivity contribution in [2.24, 2.45) is 5.41 Å². The zero-order valence-electron chi connectivity index (χ0n) is 20.2. The highest BCUT2D eigenvalue weighted by atomic mass is 19.1. The molecule has 2 aromatic rings. The molecule has 8 heteroatoms. The summed E-state index contributed by atoms with van der Waals surface area (Å²) in [5.41, 5.74) is 3.60. The summed E-state index contributed by atoms with van der Waals surface area (Å²) in [5, 5.41) is 9.54. The number of aromatic nitrogens is 2. The number of halogens is 1. The van der Waals surface area contributed by atoms with Gasteiger partial charge in [0.1, 0.15) is 0 Å². The second-order valence-corrected chi connectivity index (χ2v) is 9.53. The average Bonchev–Trinajstić information content (AvgIpc) is 2.75. The van der Waals surface area contributed by atoms with Crippen molar-refractivity contribution >= 4 is 11.7 Å². The molecule has 1 N–H and O–H groups in total. The molecular formula is C25H34FN3O4. The molecule has 33 heavy (non-hydrogen) atoms. The van der Waals surface area contributed by atoms with E-state index >= 15 is 0 Å². The van der Waals surface area contributed by atoms with Gasteiger partial charge in [-0.3, -0.25) is 9.78 Å². The van der Waals surface area contributed by atoms with E-state index < -0.39 is 11.8 Å². The summed E-state index contributed by atoms with van der Waals surface area (Å²) in [6.45, 7) is 10.2. The number of pyridine rings is 2. The molecule has 0 saturated carbocycles. The molecule has 2 aromatic heterocycles. The molecule has 1 aliphatic heterocycles. The Morgan fingerprint density at radius 3 is 2.58 bits per heavy atom. The minimum absolute atomic E-state index is 0.0607. The fraction of sp³-hybridized carbons (Fsp3) is 0.560. The predicted molar refractivity (Wildman–Crippen MR) is 125 cm³/mol. The van der Waals surface area contributed by atoms with Crippen LogP contribution in [0.4, 0.5) is 10.1 Å². The summed E-state index contributed by atoms with van der Waals surface area (Å²) in [6.07, 6.45) is 5.46. The Morgan fingerprint density at radius 2 is 1.97 bits per heavy atom. The lowest BCUT2D eigenvalue weighted by Crippen LogP contribution is -2.38. The number of hydrogen-bond acceptors (Lipinski definition) is 6. The number of hydrogen-bond donors (Lipinski definition) is 1. The van der Waals surface area contributed by atoms with Crippen molar-refractivity contribution < 1.29 is 23.8 Å². The summed E-state index contributed by atoms with van der Waals surface area (Å²) < 4.78 is 25.6. The second kappa shape index (κ2) is 10.5. The molecule has 0 aliphatic carbocycles. The fourth-order valence-corrected chi connectivity index (χ4v) is 4.10. The predicted octanol–water partition coefficient (Wildman–Crippen LogP) is 4.65. The molecule has 0 spiro atoms. The van der Waals surface area contributed by atoms with Crippen LogP contribution in [0.1, 0.15) is 51.3 Å². The van der Waals surface area contributed by atoms with Gasteiger partial charge >= 0.3 is 5.97 Å². The zero-order valence-corrected chi connectivity index (χ0v) is 20.2. The topological polar surface area (TPSA) is 84.8 Å². The van der Waals surface area contributed by atoms with Gasteiger partial charge < -0.3 is 19.5 Å². The number of aryl methyl sites for hydroxylation is 1. The van der Waals surface area contributed by atoms with Crippen molar-refractivity contribution in [2.75, 3.05) is 31.7 Å². The maximum atomic E-state index is 14.9. The van der Waals surface area contributed by atoms with E-state index in [0.717, 1.165) is 31.6 Å². The van der Waals surface area contributed by atoms with Gasteiger partial charge in [-0.15, -0.1) is 0 Å². The molecule has 0 radical (unpaired) electrons. The molecule has 0 bridgehead atoms. The molecule has 0 amide bonds. The van der Waals surface area contributed by atoms with Crippen molar-refractivity contribution in [2.45, 2.75) is 59.5 Å². The van der Waals surface area contributed by atoms with Crippen LogP contribution in [0.15, 0.2) is 18.5 Å². The Kier molecular flexibility index (Phi) is 7.89. The molecule has 1 fully saturated rings. The van der Waals surface area contributed by atoms with Gasteiger partial charge in [0.25, 0.3) is 5.88 Å². The Bertz CT molecular complexity index is 986. The number of anilines is 1. The number of rotatable bonds is 9. The number of carbonyl (C=O) groups is 1. The smallest absolute Gasteiger partial charge is 0.307 e. The second-order valence-electron chi connectivity index (χ2n) is 9.53. The molecule has 7 nitrogen and oxygen atoms in total. The lowest BCUT2D eigenvalue weighted by atomic mass is 9.82. The van der Waals surface area contributed by atoms with Crippen LogP contribution < -0.4 is 9.64 Å². The summed E-state index contributed by atoms with van der Waals surface area (Å²) in [7, 11) is 1.61. The molecule has 1 saturated heterocycles. The highest BCUT2D eigenvalue weighted by molar-refractivity contribution is 5.84. The fourth-order valence-electron chi connectivity index (χ4n) is 4.10. The first-order valence-electron chi connectivity index (χ1n) is 11.4. The van der Waals surface area contributed by atoms with E-state index in [2.05, 4.69) is 28.7 Å². The average molecular weight is 460 g/mol. The van der Waals surface area contributed by atoms with Crippen molar-refractivity contribution in [3.8, 4) is 17.0 Å². The lowest BCUT2D eigenvalue weighted by molar-refractivity contribution is -0.136. The van der Waals surface area contributed by atoms with Crippen LogP contribution in [-0.4, -0.2) is 54.0 Å². The van der Waals surface area contributed by atoms with Crippen LogP contribution in [0, 0.1) is 18.2 Å². The number of piperidine rings is 1. The van der Waals surface area contributed by atoms with Gasteiger partial charge in [0.2, 0.25) is 0 Å². The largest absolute Gasteiger partial charge is 0.481 e. The third-order valence-electron chi connectivity index (χ3n) is 6.29. The molecule has 3 heterocycles. The van der Waals surface area contributed by atoms with E-state index in [1.807, 2.05) is 13.8 Å². The molecule has 1 aliphatic rings. The molecule has 0 aromatic carbocycles. The van der Waals surface area contributed by atoms with Gasteiger partial charge in [-0.2, -0.15) is 0 Å². The summed E-state index contributed by atoms with van der Waals surface area (Å²) in [5.74, 6) is -1.55. The minimum atomic E-state index is -0.922. The first-order chi connectivity index (χ1) is 15.6. The van der Waals surface area contributed by atoms with Crippen molar-refractivity contribution in [1.82, 2.24) is 9.97 Å². The summed E-state index contributed by atoms with van der Waals surface area (Å²) in [4.78, 5) is 22.5. The van der Waals surface area contributed by atoms with E-state index in [0.29, 0.717) is 35.4 Å². The van der Waals surface area contributed by atoms with Crippen LogP contribution in [-0.2, 0) is 16.0 Å². The first-order valence-corrected chi connectivity index (χ1v) is 11.4. The monoisotopic (exact) mass is 459 g/mol. The Balaban J connectivity index is 2.00. The van der Waals surface area contributed by atoms with Crippen LogP contribution >= 0.6 is 0 Å². The number of nitrogens with zero attached hydrogens (tertiary/aromatic N) is 3. The highest BCUT2D eigenvalue weighted by Gasteiger charge is 2.29. The number of carboxylic acid groups (broad SMARTS) is 1. The standard InChI is InChI=1S/C25H34FN3O4/c1-16(6-11-32-5)33-24-21(26)12-18(14-28-24)20-15-27-17(2)19(13-22(30)31)23(20)29-9-7-25(3,4)8-10-29/h12,14-16H,6-11,13H2,1-5H3,(H,30,31). The molecule has 3 rings (SSSR count). The van der Waals surface area contributed by atoms with E-state index in [4.69, 9.17) is 9.47 Å². The normalized spacial score (nSPS) is 16.5. The van der Waals surface area contributed by atoms with Gasteiger partial charge in [-0.1, -0.05) is 13.8 Å². The number of carboxylic acids is 1. The third kappa shape index (κ3) is 6.19. The van der Waals surface area contributed by atoms with E-state index in [-0.39, 0.29) is 23.8 Å². The molecular weight excluding hydrogens is 425 g/mol. The molecule has 180 valence electrons. The van der Waals surface area contributed by atoms with Crippen molar-refractivity contribution in [3.63, 3.8) is 0 Å². The van der Waals surface area contributed by atoms with Gasteiger partial charge in [0.05, 0.1) is 18.2 Å². The zero-order chi connectivity index (χ0) is 24.2. The number of aliphatic carboxylic acids is 1. The highest BCUT2D eigenvalue weighted by Crippen LogP contribution is 2.40. The SMILES string of the molecule is COCCC(C)Oc1ncc(-c2cnc(C)c(CC(=O)O)c2N2CCC(C)(C)CC2)cc1F. The summed E-state index contributed by atoms with van der Waals surface area (Å²) in [6, 6.07) is 1.39. The summed E-state index contributed by atoms with van der Waals surface area (Å²) >= 11 is 0. The van der Waals surface area contributed by atoms with Crippen LogP contribution in [0.2, 0.25) is 0 Å². The third-order valence-corrected chi connectivity index (χ3v) is 6.29. The van der Waals surface area contributed by atoms with Crippen LogP contribution in [0.25, 0.3) is 11.1 Å². The van der Waals surface area contributed by atoms with Gasteiger partial charge in [0.15, 0.2) is 5.82 Å². The van der Waals surface area contributed by atoms with Gasteiger partial charge in [-0.25, -0.2) is 9.37 Å². The quantitative estimate of drug-likeness (QED) is 0.584. The van der Waals surface area contributed by atoms with Crippen molar-refractivity contribution in [3.05, 3.63) is 35.5 Å². The Labute approximate surface area is 195 Å². The Hall–Kier alpha value is -2.74. The lowest BCUT2D eigenvalue weighted by Gasteiger charge is -2.40.